The zero-order chi connectivity index (χ0) is 13.1. The Morgan fingerprint density at radius 1 is 1.61 bits per heavy atom. The van der Waals surface area contributed by atoms with Crippen LogP contribution in [0, 0.1) is 6.92 Å². The first-order chi connectivity index (χ1) is 8.61. The summed E-state index contributed by atoms with van der Waals surface area (Å²) in [4.78, 5) is 14.0. The van der Waals surface area contributed by atoms with Crippen molar-refractivity contribution in [3.05, 3.63) is 29.3 Å². The van der Waals surface area contributed by atoms with Gasteiger partial charge in [-0.25, -0.2) is 0 Å². The lowest BCUT2D eigenvalue weighted by Crippen LogP contribution is -2.46. The van der Waals surface area contributed by atoms with Gasteiger partial charge in [-0.05, 0) is 24.6 Å². The van der Waals surface area contributed by atoms with Crippen LogP contribution in [0.1, 0.15) is 15.9 Å². The van der Waals surface area contributed by atoms with Gasteiger partial charge in [0.2, 0.25) is 0 Å². The lowest BCUT2D eigenvalue weighted by Gasteiger charge is -2.32. The molecule has 1 saturated heterocycles. The number of aryl methyl sites for hydroxylation is 1. The molecule has 0 bridgehead atoms. The molecule has 1 N–H and O–H groups in total. The van der Waals surface area contributed by atoms with Crippen LogP contribution >= 0.6 is 15.9 Å². The molecule has 5 heteroatoms. The van der Waals surface area contributed by atoms with E-state index >= 15 is 0 Å². The van der Waals surface area contributed by atoms with Crippen LogP contribution in [-0.2, 0) is 4.74 Å². The number of benzene rings is 1. The van der Waals surface area contributed by atoms with Gasteiger partial charge in [0.05, 0.1) is 18.3 Å². The monoisotopic (exact) mass is 313 g/mol. The third-order valence-electron chi connectivity index (χ3n) is 2.98. The molecule has 1 aliphatic rings. The third-order valence-corrected chi connectivity index (χ3v) is 3.70. The molecule has 1 fully saturated rings. The minimum atomic E-state index is -0.137. The molecule has 1 amide bonds. The molecule has 1 heterocycles. The van der Waals surface area contributed by atoms with Gasteiger partial charge in [0, 0.05) is 18.4 Å². The van der Waals surface area contributed by atoms with E-state index in [0.29, 0.717) is 30.6 Å². The fourth-order valence-corrected chi connectivity index (χ4v) is 2.38. The predicted octanol–water partition coefficient (Wildman–Crippen LogP) is 1.94. The van der Waals surface area contributed by atoms with Crippen molar-refractivity contribution < 1.29 is 14.6 Å². The average molecular weight is 314 g/mol. The number of morpholine rings is 1. The molecule has 0 saturated carbocycles. The highest BCUT2D eigenvalue weighted by atomic mass is 79.9. The van der Waals surface area contributed by atoms with Crippen molar-refractivity contribution >= 4 is 21.8 Å². The van der Waals surface area contributed by atoms with Gasteiger partial charge in [-0.2, -0.15) is 0 Å². The zero-order valence-corrected chi connectivity index (χ0v) is 11.8. The smallest absolute Gasteiger partial charge is 0.257 e. The second kappa shape index (κ2) is 5.71. The number of rotatable bonds is 2. The molecule has 1 atom stereocenters. The summed E-state index contributed by atoms with van der Waals surface area (Å²) >= 11 is 3.36. The number of aromatic hydroxyl groups is 1. The van der Waals surface area contributed by atoms with Crippen molar-refractivity contribution in [2.24, 2.45) is 0 Å². The van der Waals surface area contributed by atoms with Crippen molar-refractivity contribution in [1.29, 1.82) is 0 Å². The van der Waals surface area contributed by atoms with Gasteiger partial charge in [0.25, 0.3) is 5.91 Å². The van der Waals surface area contributed by atoms with E-state index in [0.717, 1.165) is 5.56 Å². The molecule has 1 unspecified atom stereocenters. The van der Waals surface area contributed by atoms with E-state index in [-0.39, 0.29) is 17.8 Å². The largest absolute Gasteiger partial charge is 0.507 e. The molecule has 1 aromatic carbocycles. The predicted molar refractivity (Wildman–Crippen MR) is 72.3 cm³/mol. The summed E-state index contributed by atoms with van der Waals surface area (Å²) < 4.78 is 5.49. The van der Waals surface area contributed by atoms with Gasteiger partial charge < -0.3 is 14.7 Å². The molecule has 2 rings (SSSR count). The Balaban J connectivity index is 2.15. The number of phenols is 1. The third kappa shape index (κ3) is 2.84. The molecular formula is C13H16BrNO3. The lowest BCUT2D eigenvalue weighted by molar-refractivity contribution is -0.00975. The number of alkyl halides is 1. The fraction of sp³-hybridized carbons (Fsp3) is 0.462. The van der Waals surface area contributed by atoms with Crippen LogP contribution in [-0.4, -0.2) is 47.0 Å². The standard InChI is InChI=1S/C13H16BrNO3/c1-9-2-3-11(12(16)6-9)13(17)15-4-5-18-10(7-14)8-15/h2-3,6,10,16H,4-5,7-8H2,1H3. The maximum absolute atomic E-state index is 12.3. The average Bonchev–Trinajstić information content (AvgIpc) is 2.38. The first-order valence-electron chi connectivity index (χ1n) is 5.88. The van der Waals surface area contributed by atoms with Crippen LogP contribution in [0.5, 0.6) is 5.75 Å². The Hall–Kier alpha value is -1.07. The molecule has 0 aromatic heterocycles. The highest BCUT2D eigenvalue weighted by Crippen LogP contribution is 2.21. The number of hydrogen-bond donors (Lipinski definition) is 1. The maximum Gasteiger partial charge on any atom is 0.257 e. The summed E-state index contributed by atoms with van der Waals surface area (Å²) in [6, 6.07) is 5.11. The summed E-state index contributed by atoms with van der Waals surface area (Å²) in [6.45, 7) is 3.53. The van der Waals surface area contributed by atoms with Crippen LogP contribution in [0.2, 0.25) is 0 Å². The summed E-state index contributed by atoms with van der Waals surface area (Å²) in [6.07, 6.45) is 0.0234. The van der Waals surface area contributed by atoms with Gasteiger partial charge in [0.1, 0.15) is 5.75 Å². The van der Waals surface area contributed by atoms with Crippen LogP contribution in [0.3, 0.4) is 0 Å². The number of carbonyl (C=O) groups excluding carboxylic acids is 1. The number of carbonyl (C=O) groups is 1. The summed E-state index contributed by atoms with van der Waals surface area (Å²) in [5, 5.41) is 10.5. The second-order valence-corrected chi connectivity index (χ2v) is 5.07. The maximum atomic E-state index is 12.3. The van der Waals surface area contributed by atoms with Crippen molar-refractivity contribution in [3.63, 3.8) is 0 Å². The Morgan fingerprint density at radius 3 is 3.06 bits per heavy atom. The van der Waals surface area contributed by atoms with E-state index in [2.05, 4.69) is 15.9 Å². The Kier molecular flexibility index (Phi) is 4.24. The van der Waals surface area contributed by atoms with Gasteiger partial charge in [-0.3, -0.25) is 4.79 Å². The summed E-state index contributed by atoms with van der Waals surface area (Å²) in [7, 11) is 0. The summed E-state index contributed by atoms with van der Waals surface area (Å²) in [5.41, 5.74) is 1.29. The van der Waals surface area contributed by atoms with Crippen LogP contribution in [0.25, 0.3) is 0 Å². The molecule has 0 aliphatic carbocycles. The Morgan fingerprint density at radius 2 is 2.39 bits per heavy atom. The molecule has 1 aliphatic heterocycles. The quantitative estimate of drug-likeness (QED) is 0.849. The SMILES string of the molecule is Cc1ccc(C(=O)N2CCOC(CBr)C2)c(O)c1. The van der Waals surface area contributed by atoms with E-state index < -0.39 is 0 Å². The molecule has 98 valence electrons. The normalized spacial score (nSPS) is 19.9. The van der Waals surface area contributed by atoms with Gasteiger partial charge in [-0.1, -0.05) is 22.0 Å². The molecule has 0 spiro atoms. The second-order valence-electron chi connectivity index (χ2n) is 4.42. The van der Waals surface area contributed by atoms with Crippen LogP contribution < -0.4 is 0 Å². The molecule has 4 nitrogen and oxygen atoms in total. The van der Waals surface area contributed by atoms with Gasteiger partial charge in [0.15, 0.2) is 0 Å². The number of ether oxygens (including phenoxy) is 1. The van der Waals surface area contributed by atoms with Gasteiger partial charge in [-0.15, -0.1) is 0 Å². The van der Waals surface area contributed by atoms with Crippen LogP contribution in [0.4, 0.5) is 0 Å². The molecule has 18 heavy (non-hydrogen) atoms. The lowest BCUT2D eigenvalue weighted by atomic mass is 10.1. The van der Waals surface area contributed by atoms with Gasteiger partial charge >= 0.3 is 0 Å². The van der Waals surface area contributed by atoms with E-state index in [1.165, 1.54) is 0 Å². The summed E-state index contributed by atoms with van der Waals surface area (Å²) in [5.74, 6) is -0.0939. The minimum absolute atomic E-state index is 0.0234. The molecule has 0 radical (unpaired) electrons. The zero-order valence-electron chi connectivity index (χ0n) is 10.2. The molecule has 1 aromatic rings. The number of nitrogens with zero attached hydrogens (tertiary/aromatic N) is 1. The number of halogens is 1. The first kappa shape index (κ1) is 13.4. The number of phenolic OH excluding ortho intramolecular Hbond substituents is 1. The van der Waals surface area contributed by atoms with Crippen molar-refractivity contribution in [2.45, 2.75) is 13.0 Å². The number of amides is 1. The molecular weight excluding hydrogens is 298 g/mol. The van der Waals surface area contributed by atoms with Crippen LogP contribution in [0.15, 0.2) is 18.2 Å². The van der Waals surface area contributed by atoms with E-state index in [1.54, 1.807) is 17.0 Å². The highest BCUT2D eigenvalue weighted by Gasteiger charge is 2.25. The Labute approximate surface area is 115 Å². The Bertz CT molecular complexity index is 450. The first-order valence-corrected chi connectivity index (χ1v) is 7.00. The highest BCUT2D eigenvalue weighted by molar-refractivity contribution is 9.09. The van der Waals surface area contributed by atoms with Crippen molar-refractivity contribution in [3.8, 4) is 5.75 Å². The fourth-order valence-electron chi connectivity index (χ4n) is 1.99. The number of hydrogen-bond acceptors (Lipinski definition) is 3. The minimum Gasteiger partial charge on any atom is -0.507 e. The topological polar surface area (TPSA) is 49.8 Å². The van der Waals surface area contributed by atoms with Crippen molar-refractivity contribution in [1.82, 2.24) is 4.90 Å². The van der Waals surface area contributed by atoms with E-state index in [9.17, 15) is 9.90 Å². The van der Waals surface area contributed by atoms with E-state index in [1.807, 2.05) is 13.0 Å². The van der Waals surface area contributed by atoms with E-state index in [4.69, 9.17) is 4.74 Å². The van der Waals surface area contributed by atoms with Crippen molar-refractivity contribution in [2.75, 3.05) is 25.0 Å².